The lowest BCUT2D eigenvalue weighted by atomic mass is 10.2. The van der Waals surface area contributed by atoms with Crippen LogP contribution in [-0.2, 0) is 6.54 Å². The van der Waals surface area contributed by atoms with Gasteiger partial charge in [0.05, 0.1) is 37.1 Å². The zero-order valence-electron chi connectivity index (χ0n) is 16.2. The molecule has 148 valence electrons. The van der Waals surface area contributed by atoms with E-state index in [0.29, 0.717) is 27.6 Å². The molecule has 0 saturated heterocycles. The summed E-state index contributed by atoms with van der Waals surface area (Å²) in [5.74, 6) is 2.37. The largest absolute Gasteiger partial charge is 0.496 e. The first kappa shape index (κ1) is 20.3. The summed E-state index contributed by atoms with van der Waals surface area (Å²) in [6.45, 7) is 0.731. The highest BCUT2D eigenvalue weighted by atomic mass is 32.2. The van der Waals surface area contributed by atoms with Crippen LogP contribution in [0.5, 0.6) is 17.2 Å². The van der Waals surface area contributed by atoms with Gasteiger partial charge in [0.1, 0.15) is 5.75 Å². The molecule has 28 heavy (non-hydrogen) atoms. The number of ether oxygens (including phenoxy) is 3. The molecule has 0 N–H and O–H groups in total. The first-order valence-corrected chi connectivity index (χ1v) is 10.8. The van der Waals surface area contributed by atoms with E-state index in [1.54, 1.807) is 51.3 Å². The van der Waals surface area contributed by atoms with Crippen LogP contribution in [0.3, 0.4) is 0 Å². The molecular formula is C20H22N2O4S2. The second-order valence-corrected chi connectivity index (χ2v) is 7.82. The molecule has 0 fully saturated rings. The lowest BCUT2D eigenvalue weighted by Gasteiger charge is -2.09. The predicted octanol–water partition coefficient (Wildman–Crippen LogP) is 3.83. The predicted molar refractivity (Wildman–Crippen MR) is 114 cm³/mol. The van der Waals surface area contributed by atoms with Crippen molar-refractivity contribution in [2.75, 3.05) is 33.3 Å². The van der Waals surface area contributed by atoms with E-state index in [9.17, 15) is 4.79 Å². The minimum atomic E-state index is -0.333. The molecular weight excluding hydrogens is 396 g/mol. The molecule has 0 spiro atoms. The summed E-state index contributed by atoms with van der Waals surface area (Å²) in [5, 5.41) is 0. The van der Waals surface area contributed by atoms with Crippen LogP contribution in [0.15, 0.2) is 41.4 Å². The minimum Gasteiger partial charge on any atom is -0.496 e. The molecule has 0 saturated carbocycles. The first-order chi connectivity index (χ1) is 13.6. The van der Waals surface area contributed by atoms with Gasteiger partial charge in [0.2, 0.25) is 0 Å². The van der Waals surface area contributed by atoms with Gasteiger partial charge in [0.25, 0.3) is 5.91 Å². The third-order valence-electron chi connectivity index (χ3n) is 4.24. The number of rotatable bonds is 7. The number of thiazole rings is 1. The van der Waals surface area contributed by atoms with E-state index in [0.717, 1.165) is 22.5 Å². The molecule has 0 aliphatic carbocycles. The number of aryl methyl sites for hydroxylation is 1. The van der Waals surface area contributed by atoms with Crippen molar-refractivity contribution in [3.8, 4) is 17.2 Å². The smallest absolute Gasteiger partial charge is 0.283 e. The van der Waals surface area contributed by atoms with Crippen LogP contribution in [0, 0.1) is 0 Å². The SMILES string of the molecule is COc1cc2sc(=NC(=O)c3ccccc3OC)n(CCSC)c2cc1OC. The van der Waals surface area contributed by atoms with Gasteiger partial charge in [0, 0.05) is 24.4 Å². The Morgan fingerprint density at radius 3 is 2.43 bits per heavy atom. The number of aromatic nitrogens is 1. The number of carbonyl (C=O) groups is 1. The summed E-state index contributed by atoms with van der Waals surface area (Å²) in [5.41, 5.74) is 1.40. The van der Waals surface area contributed by atoms with Crippen molar-refractivity contribution in [1.82, 2.24) is 4.57 Å². The molecule has 6 nitrogen and oxygen atoms in total. The maximum Gasteiger partial charge on any atom is 0.283 e. The van der Waals surface area contributed by atoms with Gasteiger partial charge in [-0.3, -0.25) is 4.79 Å². The highest BCUT2D eigenvalue weighted by Crippen LogP contribution is 2.33. The van der Waals surface area contributed by atoms with Crippen LogP contribution in [0.4, 0.5) is 0 Å². The van der Waals surface area contributed by atoms with E-state index in [-0.39, 0.29) is 5.91 Å². The summed E-state index contributed by atoms with van der Waals surface area (Å²) in [6, 6.07) is 10.9. The fraction of sp³-hybridized carbons (Fsp3) is 0.300. The van der Waals surface area contributed by atoms with Gasteiger partial charge in [-0.1, -0.05) is 23.5 Å². The monoisotopic (exact) mass is 418 g/mol. The van der Waals surface area contributed by atoms with Crippen LogP contribution in [0.2, 0.25) is 0 Å². The maximum atomic E-state index is 12.8. The molecule has 0 aliphatic heterocycles. The zero-order valence-corrected chi connectivity index (χ0v) is 17.9. The summed E-state index contributed by atoms with van der Waals surface area (Å²) in [4.78, 5) is 17.9. The highest BCUT2D eigenvalue weighted by Gasteiger charge is 2.15. The van der Waals surface area contributed by atoms with Gasteiger partial charge in [0.15, 0.2) is 16.3 Å². The van der Waals surface area contributed by atoms with Crippen LogP contribution >= 0.6 is 23.1 Å². The molecule has 0 unspecified atom stereocenters. The van der Waals surface area contributed by atoms with Crippen molar-refractivity contribution >= 4 is 39.2 Å². The standard InChI is InChI=1S/C20H22N2O4S2/c1-24-15-8-6-5-7-13(15)19(23)21-20-22(9-10-27-4)14-11-16(25-2)17(26-3)12-18(14)28-20/h5-8,11-12H,9-10H2,1-4H3. The molecule has 1 heterocycles. The number of fused-ring (bicyclic) bond motifs is 1. The average Bonchev–Trinajstić information content (AvgIpc) is 3.06. The number of hydrogen-bond donors (Lipinski definition) is 0. The topological polar surface area (TPSA) is 62.0 Å². The van der Waals surface area contributed by atoms with Gasteiger partial charge in [-0.25, -0.2) is 0 Å². The van der Waals surface area contributed by atoms with Crippen molar-refractivity contribution in [3.05, 3.63) is 46.8 Å². The van der Waals surface area contributed by atoms with E-state index < -0.39 is 0 Å². The van der Waals surface area contributed by atoms with Crippen molar-refractivity contribution in [3.63, 3.8) is 0 Å². The van der Waals surface area contributed by atoms with Crippen molar-refractivity contribution < 1.29 is 19.0 Å². The van der Waals surface area contributed by atoms with Gasteiger partial charge in [-0.05, 0) is 18.4 Å². The molecule has 2 aromatic carbocycles. The summed E-state index contributed by atoms with van der Waals surface area (Å²) in [7, 11) is 4.76. The Labute approximate surface area is 171 Å². The zero-order chi connectivity index (χ0) is 20.1. The number of nitrogens with zero attached hydrogens (tertiary/aromatic N) is 2. The second-order valence-electron chi connectivity index (χ2n) is 5.82. The molecule has 0 atom stereocenters. The quantitative estimate of drug-likeness (QED) is 0.584. The molecule has 1 amide bonds. The van der Waals surface area contributed by atoms with Gasteiger partial charge < -0.3 is 18.8 Å². The Kier molecular flexibility index (Phi) is 6.64. The first-order valence-electron chi connectivity index (χ1n) is 8.59. The summed E-state index contributed by atoms with van der Waals surface area (Å²) >= 11 is 3.19. The maximum absolute atomic E-state index is 12.8. The van der Waals surface area contributed by atoms with Crippen molar-refractivity contribution in [2.24, 2.45) is 4.99 Å². The lowest BCUT2D eigenvalue weighted by Crippen LogP contribution is -2.18. The molecule has 0 aliphatic rings. The third-order valence-corrected chi connectivity index (χ3v) is 5.87. The number of methoxy groups -OCH3 is 3. The molecule has 8 heteroatoms. The van der Waals surface area contributed by atoms with Crippen LogP contribution in [-0.4, -0.2) is 43.8 Å². The molecule has 1 aromatic heterocycles. The number of benzene rings is 2. The Hall–Kier alpha value is -2.45. The molecule has 0 radical (unpaired) electrons. The minimum absolute atomic E-state index is 0.333. The Balaban J connectivity index is 2.18. The highest BCUT2D eigenvalue weighted by molar-refractivity contribution is 7.98. The van der Waals surface area contributed by atoms with Crippen LogP contribution < -0.4 is 19.0 Å². The second kappa shape index (κ2) is 9.16. The van der Waals surface area contributed by atoms with Gasteiger partial charge in [-0.15, -0.1) is 0 Å². The molecule has 3 aromatic rings. The van der Waals surface area contributed by atoms with Crippen molar-refractivity contribution in [2.45, 2.75) is 6.54 Å². The molecule has 0 bridgehead atoms. The van der Waals surface area contributed by atoms with E-state index in [1.807, 2.05) is 22.8 Å². The fourth-order valence-electron chi connectivity index (χ4n) is 2.85. The van der Waals surface area contributed by atoms with E-state index in [4.69, 9.17) is 14.2 Å². The number of carbonyl (C=O) groups excluding carboxylic acids is 1. The summed E-state index contributed by atoms with van der Waals surface area (Å²) in [6.07, 6.45) is 2.05. The fourth-order valence-corrected chi connectivity index (χ4v) is 4.28. The van der Waals surface area contributed by atoms with E-state index >= 15 is 0 Å². The Morgan fingerprint density at radius 2 is 1.75 bits per heavy atom. The lowest BCUT2D eigenvalue weighted by molar-refractivity contribution is 0.0995. The number of hydrogen-bond acceptors (Lipinski definition) is 6. The van der Waals surface area contributed by atoms with Gasteiger partial charge in [-0.2, -0.15) is 16.8 Å². The normalized spacial score (nSPS) is 11.6. The van der Waals surface area contributed by atoms with Crippen LogP contribution in [0.1, 0.15) is 10.4 Å². The number of amides is 1. The van der Waals surface area contributed by atoms with Gasteiger partial charge >= 0.3 is 0 Å². The number of para-hydroxylation sites is 1. The Morgan fingerprint density at radius 1 is 1.07 bits per heavy atom. The molecule has 3 rings (SSSR count). The van der Waals surface area contributed by atoms with Crippen molar-refractivity contribution in [1.29, 1.82) is 0 Å². The summed E-state index contributed by atoms with van der Waals surface area (Å²) < 4.78 is 19.2. The third kappa shape index (κ3) is 4.02. The average molecular weight is 419 g/mol. The number of thioether (sulfide) groups is 1. The Bertz CT molecular complexity index is 1060. The van der Waals surface area contributed by atoms with E-state index in [2.05, 4.69) is 11.2 Å². The van der Waals surface area contributed by atoms with E-state index in [1.165, 1.54) is 11.3 Å². The van der Waals surface area contributed by atoms with Crippen LogP contribution in [0.25, 0.3) is 10.2 Å².